The highest BCUT2D eigenvalue weighted by atomic mass is 15.2. The van der Waals surface area contributed by atoms with Gasteiger partial charge in [0, 0.05) is 25.5 Å². The number of piperidine rings is 1. The highest BCUT2D eigenvalue weighted by Crippen LogP contribution is 2.38. The first-order valence-corrected chi connectivity index (χ1v) is 7.49. The van der Waals surface area contributed by atoms with Crippen molar-refractivity contribution in [2.24, 2.45) is 11.1 Å². The molecule has 0 spiro atoms. The Bertz CT molecular complexity index is 374. The molecule has 2 rings (SSSR count). The molecule has 4 heteroatoms. The summed E-state index contributed by atoms with van der Waals surface area (Å²) >= 11 is 0. The van der Waals surface area contributed by atoms with Gasteiger partial charge >= 0.3 is 0 Å². The van der Waals surface area contributed by atoms with E-state index in [-0.39, 0.29) is 0 Å². The molecule has 1 aromatic heterocycles. The second-order valence-electron chi connectivity index (χ2n) is 5.62. The number of anilines is 1. The summed E-state index contributed by atoms with van der Waals surface area (Å²) in [5.74, 6) is 0.876. The Labute approximate surface area is 116 Å². The van der Waals surface area contributed by atoms with E-state index in [2.05, 4.69) is 28.7 Å². The molecule has 0 amide bonds. The largest absolute Gasteiger partial charge is 0.341 e. The summed E-state index contributed by atoms with van der Waals surface area (Å²) in [6.07, 6.45) is 9.77. The lowest BCUT2D eigenvalue weighted by Crippen LogP contribution is -2.40. The molecule has 1 aliphatic rings. The molecule has 2 N–H and O–H groups in total. The fourth-order valence-electron chi connectivity index (χ4n) is 2.95. The molecular weight excluding hydrogens is 236 g/mol. The maximum Gasteiger partial charge on any atom is 0.225 e. The summed E-state index contributed by atoms with van der Waals surface area (Å²) in [5, 5.41) is 0. The van der Waals surface area contributed by atoms with Crippen molar-refractivity contribution in [3.8, 4) is 0 Å². The molecule has 0 radical (unpaired) electrons. The maximum absolute atomic E-state index is 5.54. The van der Waals surface area contributed by atoms with Gasteiger partial charge in [-0.2, -0.15) is 0 Å². The second-order valence-corrected chi connectivity index (χ2v) is 5.62. The Morgan fingerprint density at radius 3 is 2.21 bits per heavy atom. The Morgan fingerprint density at radius 1 is 1.16 bits per heavy atom. The van der Waals surface area contributed by atoms with E-state index < -0.39 is 0 Å². The van der Waals surface area contributed by atoms with E-state index in [1.165, 1.54) is 25.7 Å². The number of nitrogens with two attached hydrogens (primary N) is 1. The van der Waals surface area contributed by atoms with Crippen LogP contribution in [-0.4, -0.2) is 29.6 Å². The lowest BCUT2D eigenvalue weighted by molar-refractivity contribution is 0.198. The highest BCUT2D eigenvalue weighted by molar-refractivity contribution is 5.31. The van der Waals surface area contributed by atoms with Crippen molar-refractivity contribution in [1.82, 2.24) is 9.97 Å². The Balaban J connectivity index is 1.97. The minimum atomic E-state index is 0.552. The highest BCUT2D eigenvalue weighted by Gasteiger charge is 2.31. The van der Waals surface area contributed by atoms with Crippen LogP contribution >= 0.6 is 0 Å². The van der Waals surface area contributed by atoms with E-state index in [9.17, 15) is 0 Å². The molecule has 19 heavy (non-hydrogen) atoms. The monoisotopic (exact) mass is 262 g/mol. The normalized spacial score (nSPS) is 18.6. The van der Waals surface area contributed by atoms with Crippen molar-refractivity contribution in [1.29, 1.82) is 0 Å². The zero-order valence-corrected chi connectivity index (χ0v) is 12.2. The predicted molar refractivity (Wildman–Crippen MR) is 79.3 cm³/mol. The molecule has 0 aromatic carbocycles. The van der Waals surface area contributed by atoms with Crippen molar-refractivity contribution in [3.63, 3.8) is 0 Å². The zero-order valence-electron chi connectivity index (χ0n) is 12.2. The summed E-state index contributed by atoms with van der Waals surface area (Å²) in [4.78, 5) is 11.3. The molecule has 1 aromatic rings. The molecule has 0 unspecified atom stereocenters. The lowest BCUT2D eigenvalue weighted by atomic mass is 9.74. The quantitative estimate of drug-likeness (QED) is 0.885. The average molecular weight is 262 g/mol. The summed E-state index contributed by atoms with van der Waals surface area (Å²) < 4.78 is 0. The van der Waals surface area contributed by atoms with Gasteiger partial charge < -0.3 is 10.6 Å². The van der Waals surface area contributed by atoms with Crippen molar-refractivity contribution in [3.05, 3.63) is 18.0 Å². The van der Waals surface area contributed by atoms with Crippen LogP contribution in [0.25, 0.3) is 0 Å². The number of hydrogen-bond acceptors (Lipinski definition) is 4. The zero-order chi connectivity index (χ0) is 13.7. The molecule has 0 aliphatic carbocycles. The van der Waals surface area contributed by atoms with Crippen molar-refractivity contribution >= 4 is 5.95 Å². The van der Waals surface area contributed by atoms with Crippen LogP contribution in [0.1, 0.15) is 45.1 Å². The first-order valence-electron chi connectivity index (χ1n) is 7.49. The van der Waals surface area contributed by atoms with Crippen molar-refractivity contribution in [2.75, 3.05) is 24.5 Å². The topological polar surface area (TPSA) is 55.0 Å². The summed E-state index contributed by atoms with van der Waals surface area (Å²) in [5.41, 5.74) is 7.21. The predicted octanol–water partition coefficient (Wildman–Crippen LogP) is 2.38. The van der Waals surface area contributed by atoms with Gasteiger partial charge in [0.1, 0.15) is 0 Å². The lowest BCUT2D eigenvalue weighted by Gasteiger charge is -2.41. The number of nitrogens with zero attached hydrogens (tertiary/aromatic N) is 3. The van der Waals surface area contributed by atoms with E-state index in [1.54, 1.807) is 0 Å². The molecule has 4 nitrogen and oxygen atoms in total. The van der Waals surface area contributed by atoms with Crippen LogP contribution in [0, 0.1) is 5.41 Å². The smallest absolute Gasteiger partial charge is 0.225 e. The fourth-order valence-corrected chi connectivity index (χ4v) is 2.95. The van der Waals surface area contributed by atoms with E-state index >= 15 is 0 Å². The third-order valence-corrected chi connectivity index (χ3v) is 4.73. The van der Waals surface area contributed by atoms with Gasteiger partial charge in [0.15, 0.2) is 0 Å². The summed E-state index contributed by atoms with van der Waals surface area (Å²) in [7, 11) is 0. The first-order chi connectivity index (χ1) is 9.23. The molecule has 1 fully saturated rings. The second kappa shape index (κ2) is 6.33. The fraction of sp³-hybridized carbons (Fsp3) is 0.733. The number of rotatable bonds is 5. The first kappa shape index (κ1) is 14.3. The molecule has 1 saturated heterocycles. The summed E-state index contributed by atoms with van der Waals surface area (Å²) in [6.45, 7) is 7.45. The Hall–Kier alpha value is -1.16. The molecular formula is C15H26N4. The molecule has 0 saturated carbocycles. The third kappa shape index (κ3) is 3.24. The standard InChI is InChI=1S/C15H26N4/c1-3-15(4-2)6-9-19(10-7-15)14-17-11-13(5-8-16)12-18-14/h11-12H,3-10,16H2,1-2H3. The van der Waals surface area contributed by atoms with Gasteiger partial charge in [0.2, 0.25) is 5.95 Å². The van der Waals surface area contributed by atoms with Crippen LogP contribution in [0.5, 0.6) is 0 Å². The van der Waals surface area contributed by atoms with Crippen molar-refractivity contribution in [2.45, 2.75) is 46.0 Å². The van der Waals surface area contributed by atoms with Gasteiger partial charge in [0.05, 0.1) is 0 Å². The Morgan fingerprint density at radius 2 is 1.74 bits per heavy atom. The van der Waals surface area contributed by atoms with Crippen LogP contribution < -0.4 is 10.6 Å². The summed E-state index contributed by atoms with van der Waals surface area (Å²) in [6, 6.07) is 0. The molecule has 2 heterocycles. The molecule has 0 atom stereocenters. The molecule has 0 bridgehead atoms. The Kier molecular flexibility index (Phi) is 4.75. The van der Waals surface area contributed by atoms with Gasteiger partial charge in [-0.25, -0.2) is 9.97 Å². The van der Waals surface area contributed by atoms with Gasteiger partial charge in [-0.05, 0) is 36.8 Å². The molecule has 106 valence electrons. The average Bonchev–Trinajstić information content (AvgIpc) is 2.49. The van der Waals surface area contributed by atoms with Crippen LogP contribution in [0.4, 0.5) is 5.95 Å². The van der Waals surface area contributed by atoms with E-state index in [1.807, 2.05) is 12.4 Å². The van der Waals surface area contributed by atoms with E-state index in [0.29, 0.717) is 12.0 Å². The van der Waals surface area contributed by atoms with Crippen LogP contribution in [-0.2, 0) is 6.42 Å². The van der Waals surface area contributed by atoms with Crippen LogP contribution in [0.15, 0.2) is 12.4 Å². The van der Waals surface area contributed by atoms with Gasteiger partial charge in [-0.15, -0.1) is 0 Å². The van der Waals surface area contributed by atoms with Crippen LogP contribution in [0.3, 0.4) is 0 Å². The van der Waals surface area contributed by atoms with Crippen LogP contribution in [0.2, 0.25) is 0 Å². The van der Waals surface area contributed by atoms with Gasteiger partial charge in [-0.3, -0.25) is 0 Å². The molecule has 1 aliphatic heterocycles. The van der Waals surface area contributed by atoms with E-state index in [4.69, 9.17) is 5.73 Å². The SMILES string of the molecule is CCC1(CC)CCN(c2ncc(CCN)cn2)CC1. The van der Waals surface area contributed by atoms with Gasteiger partial charge in [-0.1, -0.05) is 26.7 Å². The number of hydrogen-bond donors (Lipinski definition) is 1. The third-order valence-electron chi connectivity index (χ3n) is 4.73. The van der Waals surface area contributed by atoms with Gasteiger partial charge in [0.25, 0.3) is 0 Å². The number of aromatic nitrogens is 2. The van der Waals surface area contributed by atoms with Crippen molar-refractivity contribution < 1.29 is 0 Å². The minimum Gasteiger partial charge on any atom is -0.341 e. The van der Waals surface area contributed by atoms with E-state index in [0.717, 1.165) is 31.0 Å². The minimum absolute atomic E-state index is 0.552. The maximum atomic E-state index is 5.54.